The maximum Gasteiger partial charge on any atom is 0.251 e. The summed E-state index contributed by atoms with van der Waals surface area (Å²) in [5.74, 6) is -2.42. The van der Waals surface area contributed by atoms with Crippen LogP contribution in [0.15, 0.2) is 11.6 Å². The normalized spacial score (nSPS) is 18.5. The molecule has 0 heterocycles. The van der Waals surface area contributed by atoms with Gasteiger partial charge in [0.25, 0.3) is 5.92 Å². The minimum absolute atomic E-state index is 0.0370. The van der Waals surface area contributed by atoms with Crippen LogP contribution in [-0.4, -0.2) is 5.92 Å². The average Bonchev–Trinajstić information content (AvgIpc) is 2.17. The van der Waals surface area contributed by atoms with E-state index in [0.29, 0.717) is 6.42 Å². The molecule has 0 N–H and O–H groups in total. The SMILES string of the molecule is CC.CC.CC1=CCC(F)(F)CC1. The largest absolute Gasteiger partial charge is 0.251 e. The Balaban J connectivity index is 0. The van der Waals surface area contributed by atoms with E-state index in [1.807, 2.05) is 34.6 Å². The van der Waals surface area contributed by atoms with E-state index in [1.165, 1.54) is 0 Å². The van der Waals surface area contributed by atoms with Gasteiger partial charge in [-0.1, -0.05) is 39.3 Å². The Kier molecular flexibility index (Phi) is 9.53. The lowest BCUT2D eigenvalue weighted by molar-refractivity contribution is -0.00859. The highest BCUT2D eigenvalue weighted by Gasteiger charge is 2.29. The number of rotatable bonds is 0. The Labute approximate surface area is 81.0 Å². The molecule has 0 nitrogen and oxygen atoms in total. The second-order valence-electron chi connectivity index (χ2n) is 2.61. The van der Waals surface area contributed by atoms with Gasteiger partial charge in [0, 0.05) is 12.8 Å². The van der Waals surface area contributed by atoms with Crippen molar-refractivity contribution in [1.29, 1.82) is 0 Å². The predicted molar refractivity (Wildman–Crippen MR) is 55.3 cm³/mol. The molecule has 0 radical (unpaired) electrons. The highest BCUT2D eigenvalue weighted by molar-refractivity contribution is 5.05. The third-order valence-corrected chi connectivity index (χ3v) is 1.63. The zero-order valence-corrected chi connectivity index (χ0v) is 9.45. The molecular formula is C11H22F2. The fourth-order valence-electron chi connectivity index (χ4n) is 0.908. The molecule has 0 fully saturated rings. The molecule has 1 rings (SSSR count). The number of hydrogen-bond donors (Lipinski definition) is 0. The molecule has 0 aromatic carbocycles. The molecule has 0 aliphatic heterocycles. The topological polar surface area (TPSA) is 0 Å². The summed E-state index contributed by atoms with van der Waals surface area (Å²) in [6, 6.07) is 0. The maximum atomic E-state index is 12.3. The molecular weight excluding hydrogens is 170 g/mol. The van der Waals surface area contributed by atoms with Crippen LogP contribution < -0.4 is 0 Å². The number of halogens is 2. The Morgan fingerprint density at radius 2 is 1.62 bits per heavy atom. The minimum atomic E-state index is -2.42. The lowest BCUT2D eigenvalue weighted by atomic mass is 9.98. The van der Waals surface area contributed by atoms with E-state index in [2.05, 4.69) is 0 Å². The highest BCUT2D eigenvalue weighted by Crippen LogP contribution is 2.31. The Morgan fingerprint density at radius 3 is 1.85 bits per heavy atom. The lowest BCUT2D eigenvalue weighted by Gasteiger charge is -2.19. The van der Waals surface area contributed by atoms with Gasteiger partial charge in [0.15, 0.2) is 0 Å². The Bertz CT molecular complexity index is 137. The molecule has 0 atom stereocenters. The maximum absolute atomic E-state index is 12.3. The van der Waals surface area contributed by atoms with Gasteiger partial charge in [-0.2, -0.15) is 0 Å². The summed E-state index contributed by atoms with van der Waals surface area (Å²) in [6.45, 7) is 9.90. The summed E-state index contributed by atoms with van der Waals surface area (Å²) < 4.78 is 24.7. The molecule has 0 unspecified atom stereocenters. The van der Waals surface area contributed by atoms with Crippen LogP contribution in [0.3, 0.4) is 0 Å². The first-order valence-electron chi connectivity index (χ1n) is 5.14. The summed E-state index contributed by atoms with van der Waals surface area (Å²) in [5, 5.41) is 0. The molecule has 0 spiro atoms. The number of hydrogen-bond acceptors (Lipinski definition) is 0. The number of alkyl halides is 2. The van der Waals surface area contributed by atoms with Gasteiger partial charge in [-0.3, -0.25) is 0 Å². The molecule has 0 aromatic heterocycles. The van der Waals surface area contributed by atoms with Crippen molar-refractivity contribution in [3.05, 3.63) is 11.6 Å². The average molecular weight is 192 g/mol. The van der Waals surface area contributed by atoms with Gasteiger partial charge in [-0.15, -0.1) is 0 Å². The van der Waals surface area contributed by atoms with Crippen LogP contribution in [-0.2, 0) is 0 Å². The Hall–Kier alpha value is -0.400. The molecule has 1 aliphatic carbocycles. The van der Waals surface area contributed by atoms with Crippen molar-refractivity contribution in [2.45, 2.75) is 59.8 Å². The number of allylic oxidation sites excluding steroid dienone is 2. The van der Waals surface area contributed by atoms with Gasteiger partial charge in [0.05, 0.1) is 0 Å². The molecule has 13 heavy (non-hydrogen) atoms. The van der Waals surface area contributed by atoms with E-state index in [9.17, 15) is 8.78 Å². The van der Waals surface area contributed by atoms with Gasteiger partial charge in [0.2, 0.25) is 0 Å². The van der Waals surface area contributed by atoms with Gasteiger partial charge in [-0.25, -0.2) is 8.78 Å². The van der Waals surface area contributed by atoms with Crippen LogP contribution in [0, 0.1) is 0 Å². The van der Waals surface area contributed by atoms with Crippen molar-refractivity contribution in [3.8, 4) is 0 Å². The predicted octanol–water partition coefficient (Wildman–Crippen LogP) is 4.80. The van der Waals surface area contributed by atoms with E-state index >= 15 is 0 Å². The molecule has 2 heteroatoms. The van der Waals surface area contributed by atoms with E-state index < -0.39 is 5.92 Å². The van der Waals surface area contributed by atoms with Crippen molar-refractivity contribution in [2.24, 2.45) is 0 Å². The van der Waals surface area contributed by atoms with Gasteiger partial charge in [0.1, 0.15) is 0 Å². The van der Waals surface area contributed by atoms with Crippen LogP contribution in [0.25, 0.3) is 0 Å². The second kappa shape index (κ2) is 8.21. The molecule has 0 amide bonds. The van der Waals surface area contributed by atoms with Gasteiger partial charge >= 0.3 is 0 Å². The third kappa shape index (κ3) is 7.94. The zero-order valence-electron chi connectivity index (χ0n) is 9.45. The molecule has 0 aromatic rings. The summed E-state index contributed by atoms with van der Waals surface area (Å²) >= 11 is 0. The summed E-state index contributed by atoms with van der Waals surface area (Å²) in [6.07, 6.45) is 2.17. The van der Waals surface area contributed by atoms with Crippen LogP contribution in [0.5, 0.6) is 0 Å². The van der Waals surface area contributed by atoms with Crippen LogP contribution in [0.4, 0.5) is 8.78 Å². The zero-order chi connectivity index (χ0) is 10.9. The van der Waals surface area contributed by atoms with Gasteiger partial charge < -0.3 is 0 Å². The summed E-state index contributed by atoms with van der Waals surface area (Å²) in [4.78, 5) is 0. The standard InChI is InChI=1S/C7H10F2.2C2H6/c1-6-2-4-7(8,9)5-3-6;2*1-2/h2H,3-5H2,1H3;2*1-2H3. The fourth-order valence-corrected chi connectivity index (χ4v) is 0.908. The van der Waals surface area contributed by atoms with E-state index in [-0.39, 0.29) is 12.8 Å². The second-order valence-corrected chi connectivity index (χ2v) is 2.61. The van der Waals surface area contributed by atoms with Crippen LogP contribution in [0.2, 0.25) is 0 Å². The fraction of sp³-hybridized carbons (Fsp3) is 0.818. The van der Waals surface area contributed by atoms with E-state index in [4.69, 9.17) is 0 Å². The van der Waals surface area contributed by atoms with Crippen LogP contribution in [0.1, 0.15) is 53.9 Å². The van der Waals surface area contributed by atoms with Gasteiger partial charge in [-0.05, 0) is 13.3 Å². The van der Waals surface area contributed by atoms with Crippen molar-refractivity contribution in [3.63, 3.8) is 0 Å². The monoisotopic (exact) mass is 192 g/mol. The smallest absolute Gasteiger partial charge is 0.207 e. The minimum Gasteiger partial charge on any atom is -0.207 e. The first-order chi connectivity index (χ1) is 6.10. The van der Waals surface area contributed by atoms with Crippen molar-refractivity contribution < 1.29 is 8.78 Å². The van der Waals surface area contributed by atoms with Crippen molar-refractivity contribution in [2.75, 3.05) is 0 Å². The van der Waals surface area contributed by atoms with E-state index in [0.717, 1.165) is 5.57 Å². The first kappa shape index (κ1) is 15.1. The molecule has 0 bridgehead atoms. The molecule has 0 saturated heterocycles. The quantitative estimate of drug-likeness (QED) is 0.483. The highest BCUT2D eigenvalue weighted by atomic mass is 19.3. The molecule has 0 saturated carbocycles. The molecule has 80 valence electrons. The third-order valence-electron chi connectivity index (χ3n) is 1.63. The van der Waals surface area contributed by atoms with Crippen LogP contribution >= 0.6 is 0 Å². The lowest BCUT2D eigenvalue weighted by Crippen LogP contribution is -2.17. The van der Waals surface area contributed by atoms with Crippen molar-refractivity contribution >= 4 is 0 Å². The molecule has 1 aliphatic rings. The Morgan fingerprint density at radius 1 is 1.15 bits per heavy atom. The summed E-state index contributed by atoms with van der Waals surface area (Å²) in [5.41, 5.74) is 1.10. The summed E-state index contributed by atoms with van der Waals surface area (Å²) in [7, 11) is 0. The first-order valence-corrected chi connectivity index (χ1v) is 5.14. The van der Waals surface area contributed by atoms with E-state index in [1.54, 1.807) is 6.08 Å². The van der Waals surface area contributed by atoms with Crippen molar-refractivity contribution in [1.82, 2.24) is 0 Å².